The molecule has 0 spiro atoms. The number of anilines is 1. The van der Waals surface area contributed by atoms with Crippen LogP contribution in [-0.4, -0.2) is 14.3 Å². The van der Waals surface area contributed by atoms with E-state index in [4.69, 9.17) is 11.6 Å². The Morgan fingerprint density at radius 2 is 1.64 bits per heavy atom. The number of rotatable bonds is 7. The zero-order chi connectivity index (χ0) is 24.1. The van der Waals surface area contributed by atoms with E-state index in [0.717, 1.165) is 18.2 Å². The van der Waals surface area contributed by atoms with Gasteiger partial charge in [0.1, 0.15) is 0 Å². The first-order valence-corrected chi connectivity index (χ1v) is 11.4. The monoisotopic (exact) mass is 494 g/mol. The SMILES string of the molecule is O=C(/C=C/c1ccc(Cl)c(C(F)(F)F)c1)NCc1ccccc1NS(=O)(=O)c1ccccc1. The zero-order valence-corrected chi connectivity index (χ0v) is 18.5. The number of nitrogens with one attached hydrogen (secondary N) is 2. The second kappa shape index (κ2) is 10.1. The minimum atomic E-state index is -4.61. The predicted molar refractivity (Wildman–Crippen MR) is 121 cm³/mol. The van der Waals surface area contributed by atoms with Crippen LogP contribution >= 0.6 is 11.6 Å². The zero-order valence-electron chi connectivity index (χ0n) is 16.9. The van der Waals surface area contributed by atoms with E-state index in [9.17, 15) is 26.4 Å². The van der Waals surface area contributed by atoms with Crippen LogP contribution in [0, 0.1) is 0 Å². The smallest absolute Gasteiger partial charge is 0.348 e. The lowest BCUT2D eigenvalue weighted by Gasteiger charge is -2.13. The maximum absolute atomic E-state index is 13.0. The average Bonchev–Trinajstić information content (AvgIpc) is 2.77. The summed E-state index contributed by atoms with van der Waals surface area (Å²) in [4.78, 5) is 12.3. The molecule has 0 radical (unpaired) electrons. The van der Waals surface area contributed by atoms with E-state index in [2.05, 4.69) is 10.0 Å². The van der Waals surface area contributed by atoms with Crippen LogP contribution in [0.15, 0.2) is 83.8 Å². The lowest BCUT2D eigenvalue weighted by Crippen LogP contribution is -2.22. The van der Waals surface area contributed by atoms with Crippen molar-refractivity contribution < 1.29 is 26.4 Å². The highest BCUT2D eigenvalue weighted by Gasteiger charge is 2.33. The van der Waals surface area contributed by atoms with Crippen LogP contribution in [0.25, 0.3) is 6.08 Å². The summed E-state index contributed by atoms with van der Waals surface area (Å²) in [6, 6.07) is 17.7. The fraction of sp³-hybridized carbons (Fsp3) is 0.0870. The van der Waals surface area contributed by atoms with Gasteiger partial charge in [-0.2, -0.15) is 13.2 Å². The summed E-state index contributed by atoms with van der Waals surface area (Å²) >= 11 is 5.59. The Balaban J connectivity index is 1.68. The van der Waals surface area contributed by atoms with Gasteiger partial charge in [-0.15, -0.1) is 0 Å². The molecule has 0 aliphatic rings. The normalized spacial score (nSPS) is 12.0. The lowest BCUT2D eigenvalue weighted by atomic mass is 10.1. The Morgan fingerprint density at radius 1 is 0.970 bits per heavy atom. The molecule has 3 aromatic rings. The molecule has 0 aliphatic carbocycles. The Hall–Kier alpha value is -3.30. The molecule has 0 bridgehead atoms. The van der Waals surface area contributed by atoms with E-state index < -0.39 is 32.7 Å². The number of benzene rings is 3. The molecule has 0 atom stereocenters. The molecular weight excluding hydrogens is 477 g/mol. The van der Waals surface area contributed by atoms with Crippen LogP contribution in [0.1, 0.15) is 16.7 Å². The van der Waals surface area contributed by atoms with Crippen molar-refractivity contribution >= 4 is 39.3 Å². The van der Waals surface area contributed by atoms with Crippen LogP contribution in [0.3, 0.4) is 0 Å². The van der Waals surface area contributed by atoms with Gasteiger partial charge in [-0.25, -0.2) is 8.42 Å². The van der Waals surface area contributed by atoms with Crippen molar-refractivity contribution in [1.29, 1.82) is 0 Å². The van der Waals surface area contributed by atoms with Crippen LogP contribution in [-0.2, 0) is 27.5 Å². The minimum Gasteiger partial charge on any atom is -0.348 e. The van der Waals surface area contributed by atoms with Crippen LogP contribution in [0.5, 0.6) is 0 Å². The maximum Gasteiger partial charge on any atom is 0.417 e. The quantitative estimate of drug-likeness (QED) is 0.426. The minimum absolute atomic E-state index is 0.00885. The van der Waals surface area contributed by atoms with Crippen molar-refractivity contribution in [3.05, 3.63) is 101 Å². The molecule has 0 fully saturated rings. The molecular formula is C23H18ClF3N2O3S. The Kier molecular flexibility index (Phi) is 7.45. The number of sulfonamides is 1. The Bertz CT molecular complexity index is 1280. The van der Waals surface area contributed by atoms with E-state index in [1.807, 2.05) is 0 Å². The molecule has 0 aliphatic heterocycles. The van der Waals surface area contributed by atoms with Gasteiger partial charge >= 0.3 is 6.18 Å². The van der Waals surface area contributed by atoms with Crippen molar-refractivity contribution in [1.82, 2.24) is 5.32 Å². The van der Waals surface area contributed by atoms with Gasteiger partial charge in [0, 0.05) is 12.6 Å². The van der Waals surface area contributed by atoms with E-state index in [1.54, 1.807) is 42.5 Å². The molecule has 0 unspecified atom stereocenters. The predicted octanol–water partition coefficient (Wildman–Crippen LogP) is 5.49. The molecule has 3 aromatic carbocycles. The first-order chi connectivity index (χ1) is 15.6. The summed E-state index contributed by atoms with van der Waals surface area (Å²) < 4.78 is 66.5. The second-order valence-electron chi connectivity index (χ2n) is 6.86. The summed E-state index contributed by atoms with van der Waals surface area (Å²) in [6.07, 6.45) is -2.30. The number of amides is 1. The van der Waals surface area contributed by atoms with Crippen molar-refractivity contribution in [2.75, 3.05) is 4.72 Å². The van der Waals surface area contributed by atoms with Gasteiger partial charge in [0.15, 0.2) is 0 Å². The van der Waals surface area contributed by atoms with Gasteiger partial charge in [0.2, 0.25) is 5.91 Å². The molecule has 0 saturated heterocycles. The number of hydrogen-bond donors (Lipinski definition) is 2. The van der Waals surface area contributed by atoms with Gasteiger partial charge < -0.3 is 5.32 Å². The first kappa shape index (κ1) is 24.3. The molecule has 0 heterocycles. The third-order valence-electron chi connectivity index (χ3n) is 4.49. The lowest BCUT2D eigenvalue weighted by molar-refractivity contribution is -0.137. The highest BCUT2D eigenvalue weighted by molar-refractivity contribution is 7.92. The number of carbonyl (C=O) groups excluding carboxylic acids is 1. The molecule has 172 valence electrons. The third kappa shape index (κ3) is 6.59. The fourth-order valence-electron chi connectivity index (χ4n) is 2.85. The second-order valence-corrected chi connectivity index (χ2v) is 8.95. The van der Waals surface area contributed by atoms with Crippen molar-refractivity contribution in [2.45, 2.75) is 17.6 Å². The summed E-state index contributed by atoms with van der Waals surface area (Å²) in [5, 5.41) is 2.15. The molecule has 33 heavy (non-hydrogen) atoms. The standard InChI is InChI=1S/C23H18ClF3N2O3S/c24-20-12-10-16(14-19(20)23(25,26)27)11-13-22(30)28-15-17-6-4-5-9-21(17)29-33(31,32)18-7-2-1-3-8-18/h1-14,29H,15H2,(H,28,30)/b13-11+. The van der Waals surface area contributed by atoms with E-state index >= 15 is 0 Å². The van der Waals surface area contributed by atoms with Crippen molar-refractivity contribution in [3.8, 4) is 0 Å². The molecule has 10 heteroatoms. The van der Waals surface area contributed by atoms with Gasteiger partial charge in [-0.1, -0.05) is 54.1 Å². The maximum atomic E-state index is 13.0. The molecule has 1 amide bonds. The fourth-order valence-corrected chi connectivity index (χ4v) is 4.20. The molecule has 2 N–H and O–H groups in total. The van der Waals surface area contributed by atoms with Crippen LogP contribution in [0.2, 0.25) is 5.02 Å². The average molecular weight is 495 g/mol. The molecule has 3 rings (SSSR count). The Morgan fingerprint density at radius 3 is 2.33 bits per heavy atom. The molecule has 0 saturated carbocycles. The van der Waals surface area contributed by atoms with Crippen LogP contribution < -0.4 is 10.0 Å². The number of para-hydroxylation sites is 1. The number of halogens is 4. The number of carbonyl (C=O) groups is 1. The largest absolute Gasteiger partial charge is 0.417 e. The third-order valence-corrected chi connectivity index (χ3v) is 6.20. The highest BCUT2D eigenvalue weighted by Crippen LogP contribution is 2.35. The van der Waals surface area contributed by atoms with Gasteiger partial charge in [-0.3, -0.25) is 9.52 Å². The van der Waals surface area contributed by atoms with E-state index in [0.29, 0.717) is 5.56 Å². The van der Waals surface area contributed by atoms with Gasteiger partial charge in [0.05, 0.1) is 21.2 Å². The van der Waals surface area contributed by atoms with Crippen molar-refractivity contribution in [2.24, 2.45) is 0 Å². The summed E-state index contributed by atoms with van der Waals surface area (Å²) in [7, 11) is -3.82. The highest BCUT2D eigenvalue weighted by atomic mass is 35.5. The summed E-state index contributed by atoms with van der Waals surface area (Å²) in [5.41, 5.74) is -0.0491. The van der Waals surface area contributed by atoms with Gasteiger partial charge in [-0.05, 0) is 47.5 Å². The van der Waals surface area contributed by atoms with E-state index in [-0.39, 0.29) is 22.7 Å². The first-order valence-electron chi connectivity index (χ1n) is 9.55. The summed E-state index contributed by atoms with van der Waals surface area (Å²) in [5.74, 6) is -0.570. The Labute approximate surface area is 194 Å². The molecule has 0 aromatic heterocycles. The number of alkyl halides is 3. The van der Waals surface area contributed by atoms with Crippen LogP contribution in [0.4, 0.5) is 18.9 Å². The van der Waals surface area contributed by atoms with E-state index in [1.165, 1.54) is 24.3 Å². The topological polar surface area (TPSA) is 75.3 Å². The molecule has 5 nitrogen and oxygen atoms in total. The van der Waals surface area contributed by atoms with Gasteiger partial charge in [0.25, 0.3) is 10.0 Å². The number of hydrogen-bond acceptors (Lipinski definition) is 3. The summed E-state index contributed by atoms with van der Waals surface area (Å²) in [6.45, 7) is -0.00885. The van der Waals surface area contributed by atoms with Crippen molar-refractivity contribution in [3.63, 3.8) is 0 Å².